The molecule has 2 aromatic carbocycles. The second-order valence-corrected chi connectivity index (χ2v) is 9.29. The van der Waals surface area contributed by atoms with E-state index in [4.69, 9.17) is 0 Å². The number of rotatable bonds is 5. The summed E-state index contributed by atoms with van der Waals surface area (Å²) in [4.78, 5) is 12.4. The van der Waals surface area contributed by atoms with Crippen LogP contribution in [0.15, 0.2) is 41.3 Å². The lowest BCUT2D eigenvalue weighted by molar-refractivity contribution is 0.102. The Morgan fingerprint density at radius 1 is 1.03 bits per heavy atom. The third-order valence-electron chi connectivity index (χ3n) is 5.34. The van der Waals surface area contributed by atoms with Crippen molar-refractivity contribution in [3.05, 3.63) is 59.4 Å². The highest BCUT2D eigenvalue weighted by molar-refractivity contribution is 7.89. The Balaban J connectivity index is 1.65. The zero-order chi connectivity index (χ0) is 22.9. The molecule has 0 unspecified atom stereocenters. The topological polar surface area (TPSA) is 106 Å². The standard InChI is InChI=1S/C21H21F2N5O3S/c1-24-32(30,31)14-7-9-18(23)16(12-14)21(29)25-13-6-8-17(22)15(11-13)20-27-26-19-5-3-2-4-10-28(19)20/h6-9,11-12,24H,2-5,10H2,1H3,(H,25,29). The number of carbonyl (C=O) groups is 1. The SMILES string of the molecule is CNS(=O)(=O)c1ccc(F)c(C(=O)Nc2ccc(F)c(-c3nnc4n3CCCCC4)c2)c1. The van der Waals surface area contributed by atoms with Crippen molar-refractivity contribution in [3.8, 4) is 11.4 Å². The Morgan fingerprint density at radius 2 is 1.81 bits per heavy atom. The number of halogens is 2. The molecule has 0 radical (unpaired) electrons. The third kappa shape index (κ3) is 4.26. The number of nitrogens with one attached hydrogen (secondary N) is 2. The van der Waals surface area contributed by atoms with Gasteiger partial charge >= 0.3 is 0 Å². The Hall–Kier alpha value is -3.18. The van der Waals surface area contributed by atoms with Crippen molar-refractivity contribution >= 4 is 21.6 Å². The van der Waals surface area contributed by atoms with Crippen LogP contribution < -0.4 is 10.0 Å². The summed E-state index contributed by atoms with van der Waals surface area (Å²) < 4.78 is 56.8. The third-order valence-corrected chi connectivity index (χ3v) is 6.75. The van der Waals surface area contributed by atoms with Crippen LogP contribution in [-0.4, -0.2) is 36.1 Å². The van der Waals surface area contributed by atoms with E-state index in [0.29, 0.717) is 12.4 Å². The Labute approximate surface area is 183 Å². The van der Waals surface area contributed by atoms with E-state index in [-0.39, 0.29) is 16.1 Å². The molecule has 11 heteroatoms. The van der Waals surface area contributed by atoms with Crippen LogP contribution in [0.4, 0.5) is 14.5 Å². The van der Waals surface area contributed by atoms with Crippen molar-refractivity contribution in [1.29, 1.82) is 0 Å². The molecule has 0 atom stereocenters. The van der Waals surface area contributed by atoms with Gasteiger partial charge in [-0.05, 0) is 56.3 Å². The van der Waals surface area contributed by atoms with Crippen LogP contribution in [0.3, 0.4) is 0 Å². The van der Waals surface area contributed by atoms with Crippen LogP contribution in [0, 0.1) is 11.6 Å². The molecule has 32 heavy (non-hydrogen) atoms. The van der Waals surface area contributed by atoms with Crippen molar-refractivity contribution in [2.45, 2.75) is 37.1 Å². The van der Waals surface area contributed by atoms with Gasteiger partial charge in [0.05, 0.1) is 16.0 Å². The first-order valence-electron chi connectivity index (χ1n) is 10.1. The van der Waals surface area contributed by atoms with Crippen LogP contribution in [0.2, 0.25) is 0 Å². The van der Waals surface area contributed by atoms with Crippen LogP contribution in [-0.2, 0) is 23.0 Å². The molecule has 3 aromatic rings. The fourth-order valence-electron chi connectivity index (χ4n) is 3.62. The van der Waals surface area contributed by atoms with Gasteiger partial charge in [0, 0.05) is 18.7 Å². The first kappa shape index (κ1) is 22.0. The summed E-state index contributed by atoms with van der Waals surface area (Å²) in [5.74, 6) is -1.13. The largest absolute Gasteiger partial charge is 0.322 e. The molecular weight excluding hydrogens is 440 g/mol. The molecule has 0 saturated carbocycles. The summed E-state index contributed by atoms with van der Waals surface area (Å²) in [7, 11) is -2.65. The maximum atomic E-state index is 14.6. The minimum atomic E-state index is -3.86. The number of benzene rings is 2. The number of hydrogen-bond donors (Lipinski definition) is 2. The molecule has 8 nitrogen and oxygen atoms in total. The van der Waals surface area contributed by atoms with Crippen LogP contribution >= 0.6 is 0 Å². The van der Waals surface area contributed by atoms with Gasteiger partial charge in [-0.25, -0.2) is 21.9 Å². The van der Waals surface area contributed by atoms with E-state index < -0.39 is 33.1 Å². The lowest BCUT2D eigenvalue weighted by Crippen LogP contribution is -2.20. The minimum absolute atomic E-state index is 0.162. The number of aryl methyl sites for hydroxylation is 1. The predicted molar refractivity (Wildman–Crippen MR) is 114 cm³/mol. The number of fused-ring (bicyclic) bond motifs is 1. The number of hydrogen-bond acceptors (Lipinski definition) is 5. The van der Waals surface area contributed by atoms with Gasteiger partial charge in [-0.2, -0.15) is 0 Å². The van der Waals surface area contributed by atoms with Gasteiger partial charge < -0.3 is 9.88 Å². The number of nitrogens with zero attached hydrogens (tertiary/aromatic N) is 3. The van der Waals surface area contributed by atoms with E-state index >= 15 is 0 Å². The highest BCUT2D eigenvalue weighted by Gasteiger charge is 2.21. The number of sulfonamides is 1. The Morgan fingerprint density at radius 3 is 2.59 bits per heavy atom. The highest BCUT2D eigenvalue weighted by Crippen LogP contribution is 2.28. The average molecular weight is 461 g/mol. The zero-order valence-electron chi connectivity index (χ0n) is 17.2. The molecule has 1 aliphatic heterocycles. The lowest BCUT2D eigenvalue weighted by Gasteiger charge is -2.11. The Bertz CT molecular complexity index is 1290. The fraction of sp³-hybridized carbons (Fsp3) is 0.286. The van der Waals surface area contributed by atoms with Crippen molar-refractivity contribution in [2.24, 2.45) is 0 Å². The molecule has 0 spiro atoms. The maximum absolute atomic E-state index is 14.6. The number of aromatic nitrogens is 3. The van der Waals surface area contributed by atoms with Crippen molar-refractivity contribution in [1.82, 2.24) is 19.5 Å². The molecule has 168 valence electrons. The van der Waals surface area contributed by atoms with E-state index in [9.17, 15) is 22.0 Å². The summed E-state index contributed by atoms with van der Waals surface area (Å²) in [5, 5.41) is 10.8. The highest BCUT2D eigenvalue weighted by atomic mass is 32.2. The molecule has 1 aromatic heterocycles. The molecule has 0 bridgehead atoms. The molecule has 0 fully saturated rings. The average Bonchev–Trinajstić information content (AvgIpc) is 3.02. The molecule has 2 heterocycles. The van der Waals surface area contributed by atoms with E-state index in [1.165, 1.54) is 25.2 Å². The molecule has 0 aliphatic carbocycles. The summed E-state index contributed by atoms with van der Waals surface area (Å²) >= 11 is 0. The van der Waals surface area contributed by atoms with Gasteiger partial charge in [0.15, 0.2) is 5.82 Å². The normalized spacial score (nSPS) is 14.0. The first-order valence-corrected chi connectivity index (χ1v) is 11.5. The quantitative estimate of drug-likeness (QED) is 0.607. The molecule has 1 amide bonds. The summed E-state index contributed by atoms with van der Waals surface area (Å²) in [5.41, 5.74) is -0.0855. The second-order valence-electron chi connectivity index (χ2n) is 7.40. The van der Waals surface area contributed by atoms with E-state index in [0.717, 1.165) is 49.7 Å². The van der Waals surface area contributed by atoms with Gasteiger partial charge in [0.2, 0.25) is 10.0 Å². The molecular formula is C21H21F2N5O3S. The first-order chi connectivity index (χ1) is 15.3. The maximum Gasteiger partial charge on any atom is 0.258 e. The van der Waals surface area contributed by atoms with E-state index in [1.807, 2.05) is 4.57 Å². The second kappa shape index (κ2) is 8.75. The van der Waals surface area contributed by atoms with Crippen molar-refractivity contribution in [2.75, 3.05) is 12.4 Å². The van der Waals surface area contributed by atoms with Crippen LogP contribution in [0.25, 0.3) is 11.4 Å². The van der Waals surface area contributed by atoms with Gasteiger partial charge in [-0.3, -0.25) is 4.79 Å². The molecule has 0 saturated heterocycles. The van der Waals surface area contributed by atoms with Crippen LogP contribution in [0.1, 0.15) is 35.4 Å². The van der Waals surface area contributed by atoms with E-state index in [2.05, 4.69) is 20.2 Å². The van der Waals surface area contributed by atoms with E-state index in [1.54, 1.807) is 0 Å². The van der Waals surface area contributed by atoms with Gasteiger partial charge in [0.25, 0.3) is 5.91 Å². The number of anilines is 1. The van der Waals surface area contributed by atoms with Crippen molar-refractivity contribution < 1.29 is 22.0 Å². The number of amides is 1. The van der Waals surface area contributed by atoms with Crippen molar-refractivity contribution in [3.63, 3.8) is 0 Å². The van der Waals surface area contributed by atoms with Crippen LogP contribution in [0.5, 0.6) is 0 Å². The Kier molecular flexibility index (Phi) is 6.02. The minimum Gasteiger partial charge on any atom is -0.322 e. The monoisotopic (exact) mass is 461 g/mol. The lowest BCUT2D eigenvalue weighted by atomic mass is 10.1. The summed E-state index contributed by atoms with van der Waals surface area (Å²) in [6, 6.07) is 6.83. The fourth-order valence-corrected chi connectivity index (χ4v) is 4.38. The van der Waals surface area contributed by atoms with Gasteiger partial charge in [-0.1, -0.05) is 6.42 Å². The molecule has 2 N–H and O–H groups in total. The van der Waals surface area contributed by atoms with Gasteiger partial charge in [0.1, 0.15) is 17.5 Å². The molecule has 1 aliphatic rings. The van der Waals surface area contributed by atoms with Gasteiger partial charge in [-0.15, -0.1) is 10.2 Å². The summed E-state index contributed by atoms with van der Waals surface area (Å²) in [6.45, 7) is 0.672. The summed E-state index contributed by atoms with van der Waals surface area (Å²) in [6.07, 6.45) is 3.73. The number of carbonyl (C=O) groups excluding carboxylic acids is 1. The molecule has 4 rings (SSSR count). The smallest absolute Gasteiger partial charge is 0.258 e. The zero-order valence-corrected chi connectivity index (χ0v) is 18.0. The predicted octanol–water partition coefficient (Wildman–Crippen LogP) is 3.11.